The van der Waals surface area contributed by atoms with Crippen molar-refractivity contribution in [2.24, 2.45) is 0 Å². The topological polar surface area (TPSA) is 87.3 Å². The summed E-state index contributed by atoms with van der Waals surface area (Å²) in [5.41, 5.74) is 0.610. The van der Waals surface area contributed by atoms with Gasteiger partial charge in [-0.25, -0.2) is 13.1 Å². The number of carbonyl (C=O) groups is 1. The molecule has 114 valence electrons. The van der Waals surface area contributed by atoms with Crippen LogP contribution in [-0.2, 0) is 14.8 Å². The third kappa shape index (κ3) is 3.61. The number of anilines is 1. The molecule has 3 N–H and O–H groups in total. The van der Waals surface area contributed by atoms with Gasteiger partial charge in [-0.1, -0.05) is 0 Å². The molecule has 2 fully saturated rings. The number of hydrogen-bond acceptors (Lipinski definition) is 4. The predicted molar refractivity (Wildman–Crippen MR) is 79.4 cm³/mol. The second-order valence-electron chi connectivity index (χ2n) is 5.56. The summed E-state index contributed by atoms with van der Waals surface area (Å²) in [6.07, 6.45) is 3.65. The van der Waals surface area contributed by atoms with E-state index in [9.17, 15) is 13.2 Å². The number of benzene rings is 1. The van der Waals surface area contributed by atoms with Crippen LogP contribution in [0.2, 0.25) is 0 Å². The smallest absolute Gasteiger partial charge is 0.241 e. The zero-order chi connectivity index (χ0) is 14.9. The van der Waals surface area contributed by atoms with E-state index >= 15 is 0 Å². The Hall–Kier alpha value is -1.44. The Morgan fingerprint density at radius 3 is 2.43 bits per heavy atom. The average molecular weight is 309 g/mol. The maximum atomic E-state index is 12.0. The van der Waals surface area contributed by atoms with Crippen molar-refractivity contribution in [2.75, 3.05) is 11.9 Å². The monoisotopic (exact) mass is 309 g/mol. The van der Waals surface area contributed by atoms with Crippen molar-refractivity contribution in [3.05, 3.63) is 24.3 Å². The average Bonchev–Trinajstić information content (AvgIpc) is 3.08. The molecule has 1 saturated carbocycles. The van der Waals surface area contributed by atoms with Crippen molar-refractivity contribution in [1.82, 2.24) is 10.0 Å². The molecular formula is C14H19N3O3S. The van der Waals surface area contributed by atoms with Gasteiger partial charge in [0.25, 0.3) is 0 Å². The lowest BCUT2D eigenvalue weighted by molar-refractivity contribution is -0.117. The predicted octanol–water partition coefficient (Wildman–Crippen LogP) is 0.818. The van der Waals surface area contributed by atoms with E-state index in [0.717, 1.165) is 32.2 Å². The number of sulfonamides is 1. The van der Waals surface area contributed by atoms with E-state index in [4.69, 9.17) is 0 Å². The first-order valence-electron chi connectivity index (χ1n) is 7.21. The summed E-state index contributed by atoms with van der Waals surface area (Å²) in [6, 6.07) is 6.21. The second kappa shape index (κ2) is 5.75. The Morgan fingerprint density at radius 1 is 1.14 bits per heavy atom. The standard InChI is InChI=1S/C14H19N3O3S/c18-14(13-2-1-9-15-13)16-10-5-7-12(8-6-10)21(19,20)17-11-3-4-11/h5-8,11,13,15,17H,1-4,9H2,(H,16,18)/t13-/m0/s1. The summed E-state index contributed by atoms with van der Waals surface area (Å²) in [5.74, 6) is -0.0702. The quantitative estimate of drug-likeness (QED) is 0.751. The number of hydrogen-bond donors (Lipinski definition) is 3. The van der Waals surface area contributed by atoms with E-state index in [1.54, 1.807) is 12.1 Å². The molecule has 1 aromatic rings. The normalized spacial score (nSPS) is 22.2. The molecule has 0 bridgehead atoms. The Kier molecular flexibility index (Phi) is 3.97. The zero-order valence-electron chi connectivity index (χ0n) is 11.6. The van der Waals surface area contributed by atoms with Gasteiger partial charge in [-0.3, -0.25) is 4.79 Å². The largest absolute Gasteiger partial charge is 0.325 e. The van der Waals surface area contributed by atoms with Crippen molar-refractivity contribution < 1.29 is 13.2 Å². The highest BCUT2D eigenvalue weighted by Crippen LogP contribution is 2.23. The number of rotatable bonds is 5. The van der Waals surface area contributed by atoms with Gasteiger partial charge in [0.1, 0.15) is 0 Å². The molecule has 0 aromatic heterocycles. The fourth-order valence-electron chi connectivity index (χ4n) is 2.34. The molecule has 0 spiro atoms. The van der Waals surface area contributed by atoms with Crippen LogP contribution < -0.4 is 15.4 Å². The number of amides is 1. The Balaban J connectivity index is 1.64. The molecule has 2 aliphatic rings. The van der Waals surface area contributed by atoms with Crippen molar-refractivity contribution in [3.8, 4) is 0 Å². The lowest BCUT2D eigenvalue weighted by Gasteiger charge is -2.11. The molecule has 21 heavy (non-hydrogen) atoms. The second-order valence-corrected chi connectivity index (χ2v) is 7.27. The van der Waals surface area contributed by atoms with Crippen molar-refractivity contribution in [1.29, 1.82) is 0 Å². The molecule has 7 heteroatoms. The summed E-state index contributed by atoms with van der Waals surface area (Å²) in [4.78, 5) is 12.2. The minimum absolute atomic E-state index is 0.0702. The lowest BCUT2D eigenvalue weighted by Crippen LogP contribution is -2.35. The van der Waals surface area contributed by atoms with Crippen LogP contribution in [-0.4, -0.2) is 33.0 Å². The molecule has 0 radical (unpaired) electrons. The van der Waals surface area contributed by atoms with Gasteiger partial charge in [-0.05, 0) is 56.5 Å². The summed E-state index contributed by atoms with van der Waals surface area (Å²) in [7, 11) is -3.43. The van der Waals surface area contributed by atoms with E-state index in [2.05, 4.69) is 15.4 Å². The van der Waals surface area contributed by atoms with Gasteiger partial charge >= 0.3 is 0 Å². The van der Waals surface area contributed by atoms with Crippen molar-refractivity contribution in [2.45, 2.75) is 42.7 Å². The Labute approximate surface area is 124 Å². The fourth-order valence-corrected chi connectivity index (χ4v) is 3.65. The molecule has 1 saturated heterocycles. The van der Waals surface area contributed by atoms with Gasteiger partial charge in [0.05, 0.1) is 10.9 Å². The molecule has 1 heterocycles. The van der Waals surface area contributed by atoms with Crippen LogP contribution in [0.4, 0.5) is 5.69 Å². The first-order chi connectivity index (χ1) is 10.0. The van der Waals surface area contributed by atoms with Crippen LogP contribution in [0.5, 0.6) is 0 Å². The summed E-state index contributed by atoms with van der Waals surface area (Å²) in [5, 5.41) is 5.92. The summed E-state index contributed by atoms with van der Waals surface area (Å²) in [6.45, 7) is 0.863. The molecule has 6 nitrogen and oxygen atoms in total. The van der Waals surface area contributed by atoms with Gasteiger partial charge in [-0.15, -0.1) is 0 Å². The third-order valence-corrected chi connectivity index (χ3v) is 5.24. The molecule has 1 aromatic carbocycles. The van der Waals surface area contributed by atoms with Gasteiger partial charge in [0, 0.05) is 11.7 Å². The van der Waals surface area contributed by atoms with Crippen molar-refractivity contribution >= 4 is 21.6 Å². The van der Waals surface area contributed by atoms with Gasteiger partial charge in [-0.2, -0.15) is 0 Å². The fraction of sp³-hybridized carbons (Fsp3) is 0.500. The first kappa shape index (κ1) is 14.5. The third-order valence-electron chi connectivity index (χ3n) is 3.71. The molecule has 1 aliphatic carbocycles. The Bertz CT molecular complexity index is 617. The van der Waals surface area contributed by atoms with Crippen LogP contribution in [0, 0.1) is 0 Å². The van der Waals surface area contributed by atoms with E-state index < -0.39 is 10.0 Å². The minimum Gasteiger partial charge on any atom is -0.325 e. The lowest BCUT2D eigenvalue weighted by atomic mass is 10.2. The van der Waals surface area contributed by atoms with Crippen LogP contribution in [0.3, 0.4) is 0 Å². The highest BCUT2D eigenvalue weighted by molar-refractivity contribution is 7.89. The molecule has 1 aliphatic heterocycles. The number of nitrogens with one attached hydrogen (secondary N) is 3. The van der Waals surface area contributed by atoms with Gasteiger partial charge < -0.3 is 10.6 Å². The first-order valence-corrected chi connectivity index (χ1v) is 8.69. The molecule has 1 atom stereocenters. The summed E-state index contributed by atoms with van der Waals surface area (Å²) >= 11 is 0. The van der Waals surface area contributed by atoms with Crippen LogP contribution in [0.15, 0.2) is 29.2 Å². The van der Waals surface area contributed by atoms with Crippen molar-refractivity contribution in [3.63, 3.8) is 0 Å². The van der Waals surface area contributed by atoms with Gasteiger partial charge in [0.2, 0.25) is 15.9 Å². The Morgan fingerprint density at radius 2 is 1.86 bits per heavy atom. The summed E-state index contributed by atoms with van der Waals surface area (Å²) < 4.78 is 26.7. The maximum Gasteiger partial charge on any atom is 0.241 e. The van der Waals surface area contributed by atoms with E-state index in [-0.39, 0.29) is 22.9 Å². The molecule has 0 unspecified atom stereocenters. The highest BCUT2D eigenvalue weighted by atomic mass is 32.2. The minimum atomic E-state index is -3.43. The van der Waals surface area contributed by atoms with Crippen LogP contribution in [0.1, 0.15) is 25.7 Å². The van der Waals surface area contributed by atoms with Crippen LogP contribution >= 0.6 is 0 Å². The van der Waals surface area contributed by atoms with E-state index in [1.165, 1.54) is 12.1 Å². The molecule has 3 rings (SSSR count). The van der Waals surface area contributed by atoms with E-state index in [1.807, 2.05) is 0 Å². The number of carbonyl (C=O) groups excluding carboxylic acids is 1. The molecular weight excluding hydrogens is 290 g/mol. The highest BCUT2D eigenvalue weighted by Gasteiger charge is 2.28. The zero-order valence-corrected chi connectivity index (χ0v) is 12.4. The SMILES string of the molecule is O=C(Nc1ccc(S(=O)(=O)NC2CC2)cc1)[C@@H]1CCCN1. The molecule has 1 amide bonds. The van der Waals surface area contributed by atoms with E-state index in [0.29, 0.717) is 5.69 Å². The van der Waals surface area contributed by atoms with Crippen LogP contribution in [0.25, 0.3) is 0 Å². The van der Waals surface area contributed by atoms with Gasteiger partial charge in [0.15, 0.2) is 0 Å². The maximum absolute atomic E-state index is 12.0.